The summed E-state index contributed by atoms with van der Waals surface area (Å²) >= 11 is 5.56. The molecule has 1 aliphatic rings. The first kappa shape index (κ1) is 19.3. The van der Waals surface area contributed by atoms with Crippen molar-refractivity contribution in [3.05, 3.63) is 114 Å². The highest BCUT2D eigenvalue weighted by molar-refractivity contribution is 7.80. The van der Waals surface area contributed by atoms with E-state index in [1.807, 2.05) is 41.1 Å². The van der Waals surface area contributed by atoms with Crippen LogP contribution in [0.15, 0.2) is 97.2 Å². The Bertz CT molecular complexity index is 1240. The SMILES string of the molecule is Cc1ccc(C2=C[C@@H](c3cn(-c4ccccc4)nc3-c3ccccc3)NC(=S)N2)cc1. The van der Waals surface area contributed by atoms with Crippen molar-refractivity contribution < 1.29 is 0 Å². The lowest BCUT2D eigenvalue weighted by molar-refractivity contribution is 0.766. The van der Waals surface area contributed by atoms with Gasteiger partial charge in [0.2, 0.25) is 0 Å². The average Bonchev–Trinajstić information content (AvgIpc) is 3.26. The van der Waals surface area contributed by atoms with E-state index in [9.17, 15) is 0 Å². The van der Waals surface area contributed by atoms with Crippen molar-refractivity contribution in [3.63, 3.8) is 0 Å². The molecule has 2 N–H and O–H groups in total. The number of thiocarbonyl (C=S) groups is 1. The standard InChI is InChI=1S/C26H22N4S/c1-18-12-14-19(15-13-18)23-16-24(28-26(31)27-23)22-17-30(21-10-6-3-7-11-21)29-25(22)20-8-4-2-5-9-20/h2-17,24H,1H3,(H2,27,28,31)/t24-/m0/s1. The van der Waals surface area contributed by atoms with Crippen LogP contribution in [0.1, 0.15) is 22.7 Å². The van der Waals surface area contributed by atoms with Crippen LogP contribution in [0.3, 0.4) is 0 Å². The third kappa shape index (κ3) is 4.00. The summed E-state index contributed by atoms with van der Waals surface area (Å²) < 4.78 is 1.93. The van der Waals surface area contributed by atoms with E-state index in [0.717, 1.165) is 33.8 Å². The Labute approximate surface area is 187 Å². The van der Waals surface area contributed by atoms with E-state index in [1.54, 1.807) is 0 Å². The lowest BCUT2D eigenvalue weighted by Gasteiger charge is -2.26. The lowest BCUT2D eigenvalue weighted by Crippen LogP contribution is -2.40. The third-order valence-corrected chi connectivity index (χ3v) is 5.60. The molecule has 5 rings (SSSR count). The number of hydrogen-bond donors (Lipinski definition) is 2. The zero-order valence-electron chi connectivity index (χ0n) is 17.1. The van der Waals surface area contributed by atoms with Gasteiger partial charge in [-0.1, -0.05) is 78.4 Å². The highest BCUT2D eigenvalue weighted by Crippen LogP contribution is 2.32. The summed E-state index contributed by atoms with van der Waals surface area (Å²) in [6.45, 7) is 2.09. The maximum Gasteiger partial charge on any atom is 0.171 e. The second kappa shape index (κ2) is 8.20. The summed E-state index contributed by atoms with van der Waals surface area (Å²) in [4.78, 5) is 0. The molecule has 0 unspecified atom stereocenters. The van der Waals surface area contributed by atoms with Crippen LogP contribution >= 0.6 is 12.2 Å². The zero-order chi connectivity index (χ0) is 21.2. The fourth-order valence-electron chi connectivity index (χ4n) is 3.77. The summed E-state index contributed by atoms with van der Waals surface area (Å²) in [7, 11) is 0. The summed E-state index contributed by atoms with van der Waals surface area (Å²) in [6.07, 6.45) is 4.27. The lowest BCUT2D eigenvalue weighted by atomic mass is 9.99. The van der Waals surface area contributed by atoms with E-state index < -0.39 is 0 Å². The first-order valence-corrected chi connectivity index (χ1v) is 10.6. The Hall–Kier alpha value is -3.70. The normalized spacial score (nSPS) is 15.7. The minimum atomic E-state index is -0.0993. The van der Waals surface area contributed by atoms with Crippen LogP contribution in [-0.4, -0.2) is 14.9 Å². The van der Waals surface area contributed by atoms with Gasteiger partial charge in [-0.2, -0.15) is 5.10 Å². The molecule has 0 spiro atoms. The molecule has 0 amide bonds. The molecule has 4 nitrogen and oxygen atoms in total. The molecule has 0 saturated carbocycles. The minimum Gasteiger partial charge on any atom is -0.352 e. The summed E-state index contributed by atoms with van der Waals surface area (Å²) in [5.41, 5.74) is 7.44. The molecule has 5 heteroatoms. The Kier molecular flexibility index (Phi) is 5.10. The van der Waals surface area contributed by atoms with Crippen LogP contribution in [0.25, 0.3) is 22.6 Å². The van der Waals surface area contributed by atoms with Crippen molar-refractivity contribution in [3.8, 4) is 16.9 Å². The van der Waals surface area contributed by atoms with Gasteiger partial charge in [0.1, 0.15) is 0 Å². The molecule has 2 heterocycles. The quantitative estimate of drug-likeness (QED) is 0.432. The summed E-state index contributed by atoms with van der Waals surface area (Å²) in [5, 5.41) is 12.3. The topological polar surface area (TPSA) is 41.9 Å². The summed E-state index contributed by atoms with van der Waals surface area (Å²) in [6, 6.07) is 28.8. The second-order valence-corrected chi connectivity index (χ2v) is 8.01. The predicted molar refractivity (Wildman–Crippen MR) is 130 cm³/mol. The van der Waals surface area contributed by atoms with E-state index in [1.165, 1.54) is 5.56 Å². The molecule has 3 aromatic carbocycles. The molecule has 1 atom stereocenters. The first-order valence-electron chi connectivity index (χ1n) is 10.2. The monoisotopic (exact) mass is 422 g/mol. The van der Waals surface area contributed by atoms with Gasteiger partial charge in [-0.25, -0.2) is 4.68 Å². The van der Waals surface area contributed by atoms with E-state index in [4.69, 9.17) is 17.3 Å². The van der Waals surface area contributed by atoms with Crippen LogP contribution in [0.4, 0.5) is 0 Å². The van der Waals surface area contributed by atoms with Gasteiger partial charge in [0, 0.05) is 23.0 Å². The number of nitrogens with zero attached hydrogens (tertiary/aromatic N) is 2. The van der Waals surface area contributed by atoms with Crippen molar-refractivity contribution in [1.82, 2.24) is 20.4 Å². The van der Waals surface area contributed by atoms with Crippen molar-refractivity contribution in [1.29, 1.82) is 0 Å². The number of aromatic nitrogens is 2. The molecule has 152 valence electrons. The van der Waals surface area contributed by atoms with Gasteiger partial charge in [-0.3, -0.25) is 0 Å². The van der Waals surface area contributed by atoms with Crippen LogP contribution in [0, 0.1) is 6.92 Å². The molecule has 1 aliphatic heterocycles. The fourth-order valence-corrected chi connectivity index (χ4v) is 4.00. The maximum atomic E-state index is 5.56. The predicted octanol–water partition coefficient (Wildman–Crippen LogP) is 5.41. The first-order chi connectivity index (χ1) is 15.2. The van der Waals surface area contributed by atoms with E-state index in [-0.39, 0.29) is 6.04 Å². The number of rotatable bonds is 4. The van der Waals surface area contributed by atoms with Gasteiger partial charge < -0.3 is 10.6 Å². The Morgan fingerprint density at radius 2 is 1.52 bits per heavy atom. The van der Waals surface area contributed by atoms with Gasteiger partial charge in [0.05, 0.1) is 17.4 Å². The van der Waals surface area contributed by atoms with Crippen molar-refractivity contribution in [2.45, 2.75) is 13.0 Å². The third-order valence-electron chi connectivity index (χ3n) is 5.38. The molecule has 4 aromatic rings. The minimum absolute atomic E-state index is 0.0993. The molecule has 1 aromatic heterocycles. The number of para-hydroxylation sites is 1. The smallest absolute Gasteiger partial charge is 0.171 e. The van der Waals surface area contributed by atoms with Gasteiger partial charge in [0.15, 0.2) is 5.11 Å². The average molecular weight is 423 g/mol. The molecular formula is C26H22N4S. The second-order valence-electron chi connectivity index (χ2n) is 7.60. The van der Waals surface area contributed by atoms with Crippen molar-refractivity contribution in [2.24, 2.45) is 0 Å². The highest BCUT2D eigenvalue weighted by Gasteiger charge is 2.24. The van der Waals surface area contributed by atoms with Gasteiger partial charge in [0.25, 0.3) is 0 Å². The van der Waals surface area contributed by atoms with Gasteiger partial charge >= 0.3 is 0 Å². The molecule has 0 saturated heterocycles. The highest BCUT2D eigenvalue weighted by atomic mass is 32.1. The van der Waals surface area contributed by atoms with Crippen LogP contribution in [0.5, 0.6) is 0 Å². The number of hydrogen-bond acceptors (Lipinski definition) is 2. The van der Waals surface area contributed by atoms with Crippen LogP contribution in [0.2, 0.25) is 0 Å². The molecule has 0 bridgehead atoms. The van der Waals surface area contributed by atoms with Gasteiger partial charge in [-0.05, 0) is 42.9 Å². The molecular weight excluding hydrogens is 400 g/mol. The largest absolute Gasteiger partial charge is 0.352 e. The van der Waals surface area contributed by atoms with E-state index in [0.29, 0.717) is 5.11 Å². The van der Waals surface area contributed by atoms with Crippen molar-refractivity contribution in [2.75, 3.05) is 0 Å². The molecule has 0 aliphatic carbocycles. The maximum absolute atomic E-state index is 5.56. The Morgan fingerprint density at radius 1 is 0.839 bits per heavy atom. The summed E-state index contributed by atoms with van der Waals surface area (Å²) in [5.74, 6) is 0. The molecule has 0 fully saturated rings. The number of benzene rings is 3. The van der Waals surface area contributed by atoms with E-state index >= 15 is 0 Å². The number of nitrogens with one attached hydrogen (secondary N) is 2. The van der Waals surface area contributed by atoms with Gasteiger partial charge in [-0.15, -0.1) is 0 Å². The van der Waals surface area contributed by atoms with Crippen molar-refractivity contribution >= 4 is 23.0 Å². The fraction of sp³-hybridized carbons (Fsp3) is 0.0769. The number of aryl methyl sites for hydroxylation is 1. The molecule has 0 radical (unpaired) electrons. The zero-order valence-corrected chi connectivity index (χ0v) is 17.9. The van der Waals surface area contributed by atoms with Crippen LogP contribution < -0.4 is 10.6 Å². The molecule has 31 heavy (non-hydrogen) atoms. The Morgan fingerprint density at radius 3 is 2.23 bits per heavy atom. The Balaban J connectivity index is 1.62. The van der Waals surface area contributed by atoms with Crippen LogP contribution in [-0.2, 0) is 0 Å². The van der Waals surface area contributed by atoms with E-state index in [2.05, 4.69) is 78.4 Å².